The molecule has 8 nitrogen and oxygen atoms in total. The van der Waals surface area contributed by atoms with Crippen LogP contribution >= 0.6 is 34.8 Å². The zero-order chi connectivity index (χ0) is 22.7. The van der Waals surface area contributed by atoms with Crippen LogP contribution in [0.25, 0.3) is 0 Å². The zero-order valence-corrected chi connectivity index (χ0v) is 17.6. The number of hydrogen-bond acceptors (Lipinski definition) is 7. The third-order valence-electron chi connectivity index (χ3n) is 3.91. The summed E-state index contributed by atoms with van der Waals surface area (Å²) in [6.45, 7) is 0. The van der Waals surface area contributed by atoms with E-state index >= 15 is 0 Å². The fourth-order valence-corrected chi connectivity index (χ4v) is 3.10. The Morgan fingerprint density at radius 3 is 2.16 bits per heavy atom. The van der Waals surface area contributed by atoms with Gasteiger partial charge in [-0.2, -0.15) is 0 Å². The Morgan fingerprint density at radius 1 is 0.903 bits per heavy atom. The second kappa shape index (κ2) is 9.55. The van der Waals surface area contributed by atoms with E-state index in [0.717, 1.165) is 18.2 Å². The van der Waals surface area contributed by atoms with Crippen LogP contribution in [-0.4, -0.2) is 28.1 Å². The number of nitro benzene ring substituents is 1. The van der Waals surface area contributed by atoms with E-state index in [1.807, 2.05) is 0 Å². The lowest BCUT2D eigenvalue weighted by atomic mass is 9.79. The molecule has 0 atom stereocenters. The van der Waals surface area contributed by atoms with Crippen LogP contribution in [0.4, 0.5) is 5.69 Å². The average Bonchev–Trinajstić information content (AvgIpc) is 2.71. The standard InChI is InChI=1S/C19H11BCl3NO7/c21-12-1-3-16(15(23)8-12)30-17-4-2-13(22)9-18(17)31-19(25)10-5-11(20(26)27)7-14(6-10)24(28)29/h1-9,26-27H. The maximum Gasteiger partial charge on any atom is 0.488 e. The van der Waals surface area contributed by atoms with Crippen LogP contribution in [0.5, 0.6) is 17.2 Å². The van der Waals surface area contributed by atoms with Gasteiger partial charge >= 0.3 is 13.1 Å². The van der Waals surface area contributed by atoms with Gasteiger partial charge in [0.1, 0.15) is 5.75 Å². The highest BCUT2D eigenvalue weighted by Crippen LogP contribution is 2.38. The van der Waals surface area contributed by atoms with Gasteiger partial charge in [0.15, 0.2) is 11.5 Å². The van der Waals surface area contributed by atoms with Gasteiger partial charge < -0.3 is 19.5 Å². The highest BCUT2D eigenvalue weighted by atomic mass is 35.5. The van der Waals surface area contributed by atoms with Crippen molar-refractivity contribution in [1.29, 1.82) is 0 Å². The van der Waals surface area contributed by atoms with E-state index < -0.39 is 23.7 Å². The Hall–Kier alpha value is -2.82. The first-order valence-electron chi connectivity index (χ1n) is 8.44. The van der Waals surface area contributed by atoms with Crippen LogP contribution < -0.4 is 14.9 Å². The van der Waals surface area contributed by atoms with Gasteiger partial charge in [0, 0.05) is 28.2 Å². The van der Waals surface area contributed by atoms with E-state index in [4.69, 9.17) is 44.3 Å². The molecule has 0 radical (unpaired) electrons. The smallest absolute Gasteiger partial charge is 0.452 e. The molecule has 0 aliphatic carbocycles. The summed E-state index contributed by atoms with van der Waals surface area (Å²) in [5, 5.41) is 30.6. The molecule has 31 heavy (non-hydrogen) atoms. The van der Waals surface area contributed by atoms with Gasteiger partial charge in [-0.3, -0.25) is 10.1 Å². The van der Waals surface area contributed by atoms with E-state index in [1.165, 1.54) is 30.3 Å². The summed E-state index contributed by atoms with van der Waals surface area (Å²) in [6, 6.07) is 11.7. The number of nitrogens with zero attached hydrogens (tertiary/aromatic N) is 1. The van der Waals surface area contributed by atoms with Crippen molar-refractivity contribution in [3.8, 4) is 17.2 Å². The van der Waals surface area contributed by atoms with E-state index in [1.54, 1.807) is 6.07 Å². The number of nitro groups is 1. The van der Waals surface area contributed by atoms with E-state index in [9.17, 15) is 25.0 Å². The molecule has 3 aromatic rings. The summed E-state index contributed by atoms with van der Waals surface area (Å²) in [5.41, 5.74) is -1.06. The van der Waals surface area contributed by atoms with E-state index in [2.05, 4.69) is 0 Å². The van der Waals surface area contributed by atoms with E-state index in [-0.39, 0.29) is 38.3 Å². The minimum atomic E-state index is -2.02. The molecule has 0 heterocycles. The topological polar surface area (TPSA) is 119 Å². The van der Waals surface area contributed by atoms with Crippen molar-refractivity contribution in [2.24, 2.45) is 0 Å². The quantitative estimate of drug-likeness (QED) is 0.177. The lowest BCUT2D eigenvalue weighted by Crippen LogP contribution is -2.31. The monoisotopic (exact) mass is 481 g/mol. The number of esters is 1. The number of rotatable bonds is 6. The van der Waals surface area contributed by atoms with Crippen molar-refractivity contribution < 1.29 is 29.2 Å². The summed E-state index contributed by atoms with van der Waals surface area (Å²) in [6.07, 6.45) is 0. The van der Waals surface area contributed by atoms with Gasteiger partial charge in [0.2, 0.25) is 0 Å². The number of non-ortho nitro benzene ring substituents is 1. The molecule has 0 saturated carbocycles. The third kappa shape index (κ3) is 5.66. The van der Waals surface area contributed by atoms with Crippen LogP contribution in [0.1, 0.15) is 10.4 Å². The number of halogens is 3. The molecule has 0 aliphatic rings. The number of ether oxygens (including phenoxy) is 2. The second-order valence-corrected chi connectivity index (χ2v) is 7.38. The molecule has 12 heteroatoms. The maximum absolute atomic E-state index is 12.6. The van der Waals surface area contributed by atoms with Crippen molar-refractivity contribution in [3.63, 3.8) is 0 Å². The molecular formula is C19H11BCl3NO7. The molecule has 0 bridgehead atoms. The van der Waals surface area contributed by atoms with Gasteiger partial charge in [-0.15, -0.1) is 0 Å². The summed E-state index contributed by atoms with van der Waals surface area (Å²) < 4.78 is 11.0. The van der Waals surface area contributed by atoms with Gasteiger partial charge in [-0.25, -0.2) is 4.79 Å². The highest BCUT2D eigenvalue weighted by molar-refractivity contribution is 6.58. The van der Waals surface area contributed by atoms with Gasteiger partial charge in [-0.05, 0) is 41.9 Å². The predicted octanol–water partition coefficient (Wildman–Crippen LogP) is 4.25. The molecule has 0 fully saturated rings. The SMILES string of the molecule is O=C(Oc1cc(Cl)ccc1Oc1ccc(Cl)cc1Cl)c1cc(B(O)O)cc([N+](=O)[O-])c1. The lowest BCUT2D eigenvalue weighted by molar-refractivity contribution is -0.384. The first-order valence-corrected chi connectivity index (χ1v) is 9.57. The van der Waals surface area contributed by atoms with Crippen molar-refractivity contribution in [2.45, 2.75) is 0 Å². The highest BCUT2D eigenvalue weighted by Gasteiger charge is 2.22. The van der Waals surface area contributed by atoms with Crippen LogP contribution in [-0.2, 0) is 0 Å². The molecule has 0 unspecified atom stereocenters. The van der Waals surface area contributed by atoms with Crippen molar-refractivity contribution >= 4 is 59.0 Å². The van der Waals surface area contributed by atoms with Crippen LogP contribution in [0.3, 0.4) is 0 Å². The summed E-state index contributed by atoms with van der Waals surface area (Å²) in [7, 11) is -2.02. The first-order chi connectivity index (χ1) is 14.6. The van der Waals surface area contributed by atoms with Gasteiger partial charge in [0.25, 0.3) is 5.69 Å². The van der Waals surface area contributed by atoms with Crippen LogP contribution in [0.15, 0.2) is 54.6 Å². The number of carbonyl (C=O) groups is 1. The molecule has 0 aromatic heterocycles. The fraction of sp³-hybridized carbons (Fsp3) is 0. The van der Waals surface area contributed by atoms with Crippen molar-refractivity contribution in [3.05, 3.63) is 85.3 Å². The van der Waals surface area contributed by atoms with Gasteiger partial charge in [-0.1, -0.05) is 34.8 Å². The summed E-state index contributed by atoms with van der Waals surface area (Å²) in [5.74, 6) is -0.803. The summed E-state index contributed by atoms with van der Waals surface area (Å²) in [4.78, 5) is 23.0. The lowest BCUT2D eigenvalue weighted by Gasteiger charge is -2.13. The molecule has 0 spiro atoms. The minimum Gasteiger partial charge on any atom is -0.452 e. The minimum absolute atomic E-state index is 0.0785. The predicted molar refractivity (Wildman–Crippen MR) is 116 cm³/mol. The largest absolute Gasteiger partial charge is 0.488 e. The Bertz CT molecular complexity index is 1170. The zero-order valence-electron chi connectivity index (χ0n) is 15.3. The molecule has 3 aromatic carbocycles. The Balaban J connectivity index is 1.94. The average molecular weight is 482 g/mol. The maximum atomic E-state index is 12.6. The molecule has 158 valence electrons. The van der Waals surface area contributed by atoms with Crippen molar-refractivity contribution in [1.82, 2.24) is 0 Å². The van der Waals surface area contributed by atoms with Crippen LogP contribution in [0, 0.1) is 10.1 Å². The molecule has 0 saturated heterocycles. The fourth-order valence-electron chi connectivity index (χ4n) is 2.49. The molecule has 2 N–H and O–H groups in total. The third-order valence-corrected chi connectivity index (χ3v) is 4.67. The number of hydrogen-bond donors (Lipinski definition) is 2. The number of benzene rings is 3. The normalized spacial score (nSPS) is 10.5. The second-order valence-electron chi connectivity index (χ2n) is 6.10. The Morgan fingerprint density at radius 2 is 1.55 bits per heavy atom. The van der Waals surface area contributed by atoms with Crippen molar-refractivity contribution in [2.75, 3.05) is 0 Å². The Kier molecular flexibility index (Phi) is 7.04. The number of carbonyl (C=O) groups excluding carboxylic acids is 1. The molecular weight excluding hydrogens is 471 g/mol. The van der Waals surface area contributed by atoms with Gasteiger partial charge in [0.05, 0.1) is 15.5 Å². The molecule has 0 amide bonds. The van der Waals surface area contributed by atoms with E-state index in [0.29, 0.717) is 5.02 Å². The summed E-state index contributed by atoms with van der Waals surface area (Å²) >= 11 is 18.0. The first kappa shape index (κ1) is 22.9. The Labute approximate surface area is 190 Å². The van der Waals surface area contributed by atoms with Crippen LogP contribution in [0.2, 0.25) is 15.1 Å². The molecule has 3 rings (SSSR count). The molecule has 0 aliphatic heterocycles.